The topological polar surface area (TPSA) is 33.6 Å². The van der Waals surface area contributed by atoms with Crippen LogP contribution in [-0.4, -0.2) is 5.84 Å². The van der Waals surface area contributed by atoms with Crippen LogP contribution in [-0.2, 0) is 4.84 Å². The number of hydrogen-bond donors (Lipinski definition) is 1. The fourth-order valence-electron chi connectivity index (χ4n) is 1.71. The molecule has 0 amide bonds. The highest BCUT2D eigenvalue weighted by molar-refractivity contribution is 5.82. The number of unbranched alkanes of at least 4 members (excludes halogenated alkanes) is 4. The highest BCUT2D eigenvalue weighted by Crippen LogP contribution is 2.14. The third-order valence-electron chi connectivity index (χ3n) is 2.70. The Morgan fingerprint density at radius 3 is 2.44 bits per heavy atom. The number of hydroxylamine groups is 1. The Bertz CT molecular complexity index is 246. The molecule has 0 spiro atoms. The van der Waals surface area contributed by atoms with Crippen molar-refractivity contribution in [3.05, 3.63) is 12.0 Å². The van der Waals surface area contributed by atoms with Crippen molar-refractivity contribution in [2.45, 2.75) is 65.2 Å². The number of aliphatic imine (C=N–C) groups is 1. The lowest BCUT2D eigenvalue weighted by atomic mass is 10.1. The van der Waals surface area contributed by atoms with Crippen LogP contribution < -0.4 is 5.48 Å². The maximum atomic E-state index is 5.21. The lowest BCUT2D eigenvalue weighted by Crippen LogP contribution is -2.24. The van der Waals surface area contributed by atoms with Crippen LogP contribution in [0, 0.1) is 0 Å². The molecule has 1 heterocycles. The van der Waals surface area contributed by atoms with Gasteiger partial charge in [-0.3, -0.25) is 0 Å². The summed E-state index contributed by atoms with van der Waals surface area (Å²) in [7, 11) is 0. The summed E-state index contributed by atoms with van der Waals surface area (Å²) < 4.78 is 0. The molecule has 3 heteroatoms. The van der Waals surface area contributed by atoms with E-state index in [1.54, 1.807) is 6.26 Å². The number of hydrogen-bond acceptors (Lipinski definition) is 3. The van der Waals surface area contributed by atoms with Gasteiger partial charge < -0.3 is 4.84 Å². The molecule has 1 rings (SSSR count). The van der Waals surface area contributed by atoms with Gasteiger partial charge in [0.1, 0.15) is 12.1 Å². The second-order valence-corrected chi connectivity index (χ2v) is 4.30. The maximum Gasteiger partial charge on any atom is 0.140 e. The van der Waals surface area contributed by atoms with Crippen molar-refractivity contribution >= 4 is 5.84 Å². The van der Waals surface area contributed by atoms with E-state index in [0.717, 1.165) is 24.4 Å². The maximum absolute atomic E-state index is 5.21. The van der Waals surface area contributed by atoms with E-state index in [0.29, 0.717) is 0 Å². The second kappa shape index (κ2) is 8.20. The van der Waals surface area contributed by atoms with E-state index in [-0.39, 0.29) is 0 Å². The third kappa shape index (κ3) is 5.19. The fourth-order valence-corrected chi connectivity index (χ4v) is 1.71. The average molecular weight is 224 g/mol. The van der Waals surface area contributed by atoms with Gasteiger partial charge in [0.05, 0.1) is 5.70 Å². The molecular weight excluding hydrogens is 200 g/mol. The second-order valence-electron chi connectivity index (χ2n) is 4.30. The monoisotopic (exact) mass is 224 g/mol. The van der Waals surface area contributed by atoms with Crippen LogP contribution in [0.25, 0.3) is 0 Å². The van der Waals surface area contributed by atoms with E-state index in [2.05, 4.69) is 24.3 Å². The predicted octanol–water partition coefficient (Wildman–Crippen LogP) is 3.92. The van der Waals surface area contributed by atoms with Crippen molar-refractivity contribution in [3.63, 3.8) is 0 Å². The molecule has 1 N–H and O–H groups in total. The first kappa shape index (κ1) is 13.1. The van der Waals surface area contributed by atoms with E-state index < -0.39 is 0 Å². The molecule has 0 aliphatic carbocycles. The van der Waals surface area contributed by atoms with E-state index in [9.17, 15) is 0 Å². The van der Waals surface area contributed by atoms with E-state index in [1.807, 2.05) is 0 Å². The summed E-state index contributed by atoms with van der Waals surface area (Å²) >= 11 is 0. The normalized spacial score (nSPS) is 14.9. The molecular formula is C13H24N2O. The first-order valence-corrected chi connectivity index (χ1v) is 6.55. The molecule has 92 valence electrons. The molecule has 0 radical (unpaired) electrons. The van der Waals surface area contributed by atoms with Crippen molar-refractivity contribution in [2.24, 2.45) is 4.99 Å². The molecule has 16 heavy (non-hydrogen) atoms. The fraction of sp³-hybridized carbons (Fsp3) is 0.769. The Hall–Kier alpha value is -0.990. The Labute approximate surface area is 98.9 Å². The largest absolute Gasteiger partial charge is 0.387 e. The zero-order valence-corrected chi connectivity index (χ0v) is 10.6. The number of nitrogens with zero attached hydrogens (tertiary/aromatic N) is 1. The van der Waals surface area contributed by atoms with Gasteiger partial charge in [0, 0.05) is 6.42 Å². The van der Waals surface area contributed by atoms with E-state index >= 15 is 0 Å². The van der Waals surface area contributed by atoms with Gasteiger partial charge in [0.2, 0.25) is 0 Å². The van der Waals surface area contributed by atoms with Gasteiger partial charge in [-0.15, -0.1) is 0 Å². The summed E-state index contributed by atoms with van der Waals surface area (Å²) in [5.74, 6) is 0.988. The van der Waals surface area contributed by atoms with Crippen molar-refractivity contribution in [3.8, 4) is 0 Å². The summed E-state index contributed by atoms with van der Waals surface area (Å²) in [4.78, 5) is 9.78. The third-order valence-corrected chi connectivity index (χ3v) is 2.70. The van der Waals surface area contributed by atoms with Gasteiger partial charge in [-0.2, -0.15) is 0 Å². The summed E-state index contributed by atoms with van der Waals surface area (Å²) in [6.45, 7) is 4.43. The molecule has 0 fully saturated rings. The quantitative estimate of drug-likeness (QED) is 0.634. The van der Waals surface area contributed by atoms with Crippen molar-refractivity contribution in [1.82, 2.24) is 5.48 Å². The van der Waals surface area contributed by atoms with Crippen LogP contribution in [0.4, 0.5) is 0 Å². The van der Waals surface area contributed by atoms with Gasteiger partial charge in [0.15, 0.2) is 0 Å². The molecule has 0 atom stereocenters. The smallest absolute Gasteiger partial charge is 0.140 e. The standard InChI is InChI=1S/C13H24N2O/c1-3-5-7-9-12-11-16-15-13(14-12)10-8-6-4-2/h11H,3-10H2,1-2H3,(H,14,15). The zero-order chi connectivity index (χ0) is 11.6. The van der Waals surface area contributed by atoms with Crippen molar-refractivity contribution in [1.29, 1.82) is 0 Å². The summed E-state index contributed by atoms with van der Waals surface area (Å²) in [6, 6.07) is 0. The van der Waals surface area contributed by atoms with Crippen LogP contribution in [0.5, 0.6) is 0 Å². The van der Waals surface area contributed by atoms with Gasteiger partial charge in [-0.1, -0.05) is 39.5 Å². The van der Waals surface area contributed by atoms with Gasteiger partial charge >= 0.3 is 0 Å². The summed E-state index contributed by atoms with van der Waals surface area (Å²) in [5.41, 5.74) is 3.95. The number of rotatable bonds is 8. The Kier molecular flexibility index (Phi) is 6.70. The van der Waals surface area contributed by atoms with Gasteiger partial charge in [-0.25, -0.2) is 10.5 Å². The molecule has 0 bridgehead atoms. The Morgan fingerprint density at radius 1 is 1.06 bits per heavy atom. The van der Waals surface area contributed by atoms with Crippen LogP contribution in [0.2, 0.25) is 0 Å². The number of nitrogens with one attached hydrogen (secondary N) is 1. The van der Waals surface area contributed by atoms with Crippen LogP contribution in [0.1, 0.15) is 65.2 Å². The molecule has 0 aromatic carbocycles. The summed E-state index contributed by atoms with van der Waals surface area (Å²) in [5, 5.41) is 0. The molecule has 0 saturated carbocycles. The van der Waals surface area contributed by atoms with E-state index in [4.69, 9.17) is 4.84 Å². The van der Waals surface area contributed by atoms with Crippen molar-refractivity contribution < 1.29 is 4.84 Å². The Balaban J connectivity index is 2.27. The highest BCUT2D eigenvalue weighted by atomic mass is 16.6. The molecule has 0 unspecified atom stereocenters. The SMILES string of the molecule is CCCCCC1=CONC(CCCCC)=N1. The lowest BCUT2D eigenvalue weighted by molar-refractivity contribution is 0.181. The summed E-state index contributed by atoms with van der Waals surface area (Å²) in [6.07, 6.45) is 11.2. The number of amidine groups is 1. The first-order valence-electron chi connectivity index (χ1n) is 6.55. The van der Waals surface area contributed by atoms with Gasteiger partial charge in [-0.05, 0) is 19.3 Å². The molecule has 3 nitrogen and oxygen atoms in total. The lowest BCUT2D eigenvalue weighted by Gasteiger charge is -2.14. The molecule has 1 aliphatic rings. The minimum Gasteiger partial charge on any atom is -0.387 e. The van der Waals surface area contributed by atoms with Crippen molar-refractivity contribution in [2.75, 3.05) is 0 Å². The molecule has 0 aromatic heterocycles. The minimum absolute atomic E-state index is 0.988. The van der Waals surface area contributed by atoms with Crippen LogP contribution in [0.15, 0.2) is 17.0 Å². The van der Waals surface area contributed by atoms with Crippen LogP contribution >= 0.6 is 0 Å². The van der Waals surface area contributed by atoms with Crippen LogP contribution in [0.3, 0.4) is 0 Å². The number of allylic oxidation sites excluding steroid dienone is 1. The predicted molar refractivity (Wildman–Crippen MR) is 68.0 cm³/mol. The van der Waals surface area contributed by atoms with Gasteiger partial charge in [0.25, 0.3) is 0 Å². The first-order chi connectivity index (χ1) is 7.86. The van der Waals surface area contributed by atoms with E-state index in [1.165, 1.54) is 38.5 Å². The zero-order valence-electron chi connectivity index (χ0n) is 10.6. The highest BCUT2D eigenvalue weighted by Gasteiger charge is 2.07. The average Bonchev–Trinajstić information content (AvgIpc) is 2.30. The molecule has 1 aliphatic heterocycles. The Morgan fingerprint density at radius 2 is 1.75 bits per heavy atom. The molecule has 0 saturated heterocycles. The molecule has 0 aromatic rings. The minimum atomic E-state index is 0.988.